The summed E-state index contributed by atoms with van der Waals surface area (Å²) in [6.45, 7) is 2.10. The van der Waals surface area contributed by atoms with E-state index < -0.39 is 0 Å². The quantitative estimate of drug-likeness (QED) is 0.642. The fraction of sp³-hybridized carbons (Fsp3) is 0.167. The second-order valence-electron chi connectivity index (χ2n) is 3.22. The maximum absolute atomic E-state index is 5.16. The molecule has 2 aromatic carbocycles. The third-order valence-electron chi connectivity index (χ3n) is 2.20. The van der Waals surface area contributed by atoms with Crippen molar-refractivity contribution >= 4 is 10.8 Å². The highest BCUT2D eigenvalue weighted by Crippen LogP contribution is 2.21. The first-order valence-electron chi connectivity index (χ1n) is 4.34. The Balaban J connectivity index is 2.68. The molecule has 0 aliphatic rings. The molecule has 0 aromatic heterocycles. The van der Waals surface area contributed by atoms with Crippen LogP contribution in [0.1, 0.15) is 5.56 Å². The zero-order chi connectivity index (χ0) is 9.26. The normalized spacial score (nSPS) is 10.3. The first-order chi connectivity index (χ1) is 6.29. The summed E-state index contributed by atoms with van der Waals surface area (Å²) < 4.78 is 5.16. The van der Waals surface area contributed by atoms with Gasteiger partial charge in [-0.25, -0.2) is 0 Å². The first kappa shape index (κ1) is 8.11. The van der Waals surface area contributed by atoms with Crippen molar-refractivity contribution in [2.24, 2.45) is 0 Å². The molecular formula is C12H12O. The molecule has 0 saturated heterocycles. The third kappa shape index (κ3) is 1.50. The Labute approximate surface area is 78.0 Å². The Bertz CT molecular complexity index is 432. The van der Waals surface area contributed by atoms with Crippen molar-refractivity contribution in [3.8, 4) is 5.75 Å². The molecule has 0 spiro atoms. The minimum atomic E-state index is 0.915. The van der Waals surface area contributed by atoms with E-state index in [-0.39, 0.29) is 0 Å². The number of benzene rings is 2. The lowest BCUT2D eigenvalue weighted by Crippen LogP contribution is -1.82. The number of ether oxygens (including phenoxy) is 1. The molecule has 0 radical (unpaired) electrons. The van der Waals surface area contributed by atoms with Crippen LogP contribution in [0.5, 0.6) is 5.75 Å². The molecule has 0 aliphatic carbocycles. The zero-order valence-corrected chi connectivity index (χ0v) is 7.87. The lowest BCUT2D eigenvalue weighted by Gasteiger charge is -2.02. The number of hydrogen-bond donors (Lipinski definition) is 0. The summed E-state index contributed by atoms with van der Waals surface area (Å²) in [5.41, 5.74) is 1.28. The summed E-state index contributed by atoms with van der Waals surface area (Å²) in [5, 5.41) is 2.49. The van der Waals surface area contributed by atoms with E-state index in [9.17, 15) is 0 Å². The molecule has 0 fully saturated rings. The van der Waals surface area contributed by atoms with E-state index in [0.717, 1.165) is 5.75 Å². The molecule has 0 unspecified atom stereocenters. The zero-order valence-electron chi connectivity index (χ0n) is 7.87. The summed E-state index contributed by atoms with van der Waals surface area (Å²) in [7, 11) is 1.69. The Morgan fingerprint density at radius 1 is 0.923 bits per heavy atom. The molecule has 0 saturated carbocycles. The van der Waals surface area contributed by atoms with E-state index in [1.807, 2.05) is 6.07 Å². The fourth-order valence-electron chi connectivity index (χ4n) is 1.47. The number of hydrogen-bond acceptors (Lipinski definition) is 1. The van der Waals surface area contributed by atoms with Crippen LogP contribution >= 0.6 is 0 Å². The molecule has 2 aromatic rings. The third-order valence-corrected chi connectivity index (χ3v) is 2.20. The van der Waals surface area contributed by atoms with Gasteiger partial charge in [-0.3, -0.25) is 0 Å². The fourth-order valence-corrected chi connectivity index (χ4v) is 1.47. The van der Waals surface area contributed by atoms with Crippen molar-refractivity contribution in [1.29, 1.82) is 0 Å². The van der Waals surface area contributed by atoms with Crippen LogP contribution in [-0.2, 0) is 0 Å². The second-order valence-corrected chi connectivity index (χ2v) is 3.22. The summed E-state index contributed by atoms with van der Waals surface area (Å²) >= 11 is 0. The van der Waals surface area contributed by atoms with Crippen LogP contribution in [0.25, 0.3) is 10.8 Å². The van der Waals surface area contributed by atoms with Crippen molar-refractivity contribution in [3.05, 3.63) is 42.0 Å². The standard InChI is InChI=1S/C12H12O/c1-9-3-4-10-5-6-12(13-2)8-11(10)7-9/h3-8H,1-2H3. The van der Waals surface area contributed by atoms with E-state index in [4.69, 9.17) is 4.74 Å². The van der Waals surface area contributed by atoms with E-state index in [1.165, 1.54) is 16.3 Å². The summed E-state index contributed by atoms with van der Waals surface area (Å²) in [5.74, 6) is 0.915. The van der Waals surface area contributed by atoms with Gasteiger partial charge in [0.1, 0.15) is 5.75 Å². The van der Waals surface area contributed by atoms with Gasteiger partial charge in [0.25, 0.3) is 0 Å². The number of aryl methyl sites for hydroxylation is 1. The van der Waals surface area contributed by atoms with Crippen molar-refractivity contribution in [2.45, 2.75) is 6.92 Å². The molecule has 13 heavy (non-hydrogen) atoms. The average Bonchev–Trinajstić information content (AvgIpc) is 2.16. The van der Waals surface area contributed by atoms with Crippen LogP contribution < -0.4 is 4.74 Å². The summed E-state index contributed by atoms with van der Waals surface area (Å²) in [6.07, 6.45) is 0. The van der Waals surface area contributed by atoms with Gasteiger partial charge in [0.2, 0.25) is 0 Å². The molecule has 0 amide bonds. The number of methoxy groups -OCH3 is 1. The molecule has 0 aliphatic heterocycles. The van der Waals surface area contributed by atoms with Gasteiger partial charge in [0.05, 0.1) is 7.11 Å². The highest BCUT2D eigenvalue weighted by Gasteiger charge is 1.95. The lowest BCUT2D eigenvalue weighted by molar-refractivity contribution is 0.415. The Hall–Kier alpha value is -1.50. The maximum Gasteiger partial charge on any atom is 0.119 e. The van der Waals surface area contributed by atoms with Gasteiger partial charge >= 0.3 is 0 Å². The monoisotopic (exact) mass is 172 g/mol. The van der Waals surface area contributed by atoms with E-state index in [0.29, 0.717) is 0 Å². The molecule has 0 bridgehead atoms. The van der Waals surface area contributed by atoms with Gasteiger partial charge in [-0.1, -0.05) is 29.8 Å². The summed E-state index contributed by atoms with van der Waals surface area (Å²) in [4.78, 5) is 0. The topological polar surface area (TPSA) is 9.23 Å². The first-order valence-corrected chi connectivity index (χ1v) is 4.34. The average molecular weight is 172 g/mol. The minimum Gasteiger partial charge on any atom is -0.497 e. The van der Waals surface area contributed by atoms with Crippen molar-refractivity contribution < 1.29 is 4.74 Å². The number of fused-ring (bicyclic) bond motifs is 1. The molecular weight excluding hydrogens is 160 g/mol. The highest BCUT2D eigenvalue weighted by atomic mass is 16.5. The molecule has 66 valence electrons. The van der Waals surface area contributed by atoms with Crippen molar-refractivity contribution in [1.82, 2.24) is 0 Å². The van der Waals surface area contributed by atoms with Crippen LogP contribution in [0.2, 0.25) is 0 Å². The SMILES string of the molecule is COc1ccc2ccc(C)cc2c1. The number of rotatable bonds is 1. The van der Waals surface area contributed by atoms with Gasteiger partial charge < -0.3 is 4.74 Å². The van der Waals surface area contributed by atoms with Gasteiger partial charge in [0.15, 0.2) is 0 Å². The molecule has 1 heteroatoms. The van der Waals surface area contributed by atoms with E-state index in [1.54, 1.807) is 7.11 Å². The van der Waals surface area contributed by atoms with Crippen LogP contribution in [0.15, 0.2) is 36.4 Å². The molecule has 1 nitrogen and oxygen atoms in total. The minimum absolute atomic E-state index is 0.915. The highest BCUT2D eigenvalue weighted by molar-refractivity contribution is 5.84. The van der Waals surface area contributed by atoms with Crippen LogP contribution in [0.3, 0.4) is 0 Å². The van der Waals surface area contributed by atoms with E-state index >= 15 is 0 Å². The van der Waals surface area contributed by atoms with Gasteiger partial charge in [-0.2, -0.15) is 0 Å². The van der Waals surface area contributed by atoms with E-state index in [2.05, 4.69) is 37.3 Å². The molecule has 0 heterocycles. The predicted molar refractivity (Wildman–Crippen MR) is 55.2 cm³/mol. The Morgan fingerprint density at radius 3 is 2.46 bits per heavy atom. The van der Waals surface area contributed by atoms with Gasteiger partial charge in [-0.05, 0) is 29.8 Å². The molecule has 2 rings (SSSR count). The summed E-state index contributed by atoms with van der Waals surface area (Å²) in [6, 6.07) is 12.5. The van der Waals surface area contributed by atoms with Crippen molar-refractivity contribution in [3.63, 3.8) is 0 Å². The smallest absolute Gasteiger partial charge is 0.119 e. The Morgan fingerprint density at radius 2 is 1.69 bits per heavy atom. The maximum atomic E-state index is 5.16. The molecule has 0 atom stereocenters. The van der Waals surface area contributed by atoms with Gasteiger partial charge in [-0.15, -0.1) is 0 Å². The van der Waals surface area contributed by atoms with Crippen molar-refractivity contribution in [2.75, 3.05) is 7.11 Å². The lowest BCUT2D eigenvalue weighted by atomic mass is 10.1. The van der Waals surface area contributed by atoms with Crippen LogP contribution in [-0.4, -0.2) is 7.11 Å². The largest absolute Gasteiger partial charge is 0.497 e. The van der Waals surface area contributed by atoms with Crippen LogP contribution in [0, 0.1) is 6.92 Å². The predicted octanol–water partition coefficient (Wildman–Crippen LogP) is 3.16. The van der Waals surface area contributed by atoms with Crippen LogP contribution in [0.4, 0.5) is 0 Å². The molecule has 0 N–H and O–H groups in total. The Kier molecular flexibility index (Phi) is 1.93. The second kappa shape index (κ2) is 3.09. The van der Waals surface area contributed by atoms with Gasteiger partial charge in [0, 0.05) is 0 Å².